The van der Waals surface area contributed by atoms with Crippen molar-refractivity contribution in [3.8, 4) is 5.88 Å². The van der Waals surface area contributed by atoms with Gasteiger partial charge in [0.25, 0.3) is 0 Å². The second-order valence-electron chi connectivity index (χ2n) is 6.53. The summed E-state index contributed by atoms with van der Waals surface area (Å²) in [6.07, 6.45) is 7.23. The van der Waals surface area contributed by atoms with E-state index >= 15 is 0 Å². The molecule has 2 rings (SSSR count). The maximum absolute atomic E-state index is 6.05. The van der Waals surface area contributed by atoms with E-state index in [0.717, 1.165) is 25.1 Å². The van der Waals surface area contributed by atoms with Gasteiger partial charge < -0.3 is 10.1 Å². The Morgan fingerprint density at radius 2 is 2.16 bits per heavy atom. The van der Waals surface area contributed by atoms with Crippen LogP contribution in [0.5, 0.6) is 5.88 Å². The minimum Gasteiger partial charge on any atom is -0.473 e. The zero-order valence-electron chi connectivity index (χ0n) is 12.4. The van der Waals surface area contributed by atoms with E-state index in [0.29, 0.717) is 17.2 Å². The summed E-state index contributed by atoms with van der Waals surface area (Å²) in [7, 11) is 1.90. The fourth-order valence-corrected chi connectivity index (χ4v) is 3.23. The Labute approximate surface area is 116 Å². The predicted octanol–water partition coefficient (Wildman–Crippen LogP) is 2.79. The van der Waals surface area contributed by atoms with Crippen LogP contribution in [0.4, 0.5) is 0 Å². The van der Waals surface area contributed by atoms with Crippen molar-refractivity contribution < 1.29 is 4.74 Å². The average molecular weight is 263 g/mol. The summed E-state index contributed by atoms with van der Waals surface area (Å²) >= 11 is 0. The zero-order valence-corrected chi connectivity index (χ0v) is 12.4. The largest absolute Gasteiger partial charge is 0.473 e. The fraction of sp³-hybridized carbons (Fsp3) is 0.733. The predicted molar refractivity (Wildman–Crippen MR) is 76.0 cm³/mol. The quantitative estimate of drug-likeness (QED) is 0.907. The molecule has 19 heavy (non-hydrogen) atoms. The Bertz CT molecular complexity index is 420. The number of aromatic nitrogens is 2. The van der Waals surface area contributed by atoms with Gasteiger partial charge >= 0.3 is 0 Å². The molecule has 106 valence electrons. The first-order valence-corrected chi connectivity index (χ1v) is 7.11. The minimum absolute atomic E-state index is 0.262. The Morgan fingerprint density at radius 3 is 2.84 bits per heavy atom. The van der Waals surface area contributed by atoms with E-state index in [-0.39, 0.29) is 6.10 Å². The van der Waals surface area contributed by atoms with Crippen LogP contribution < -0.4 is 10.1 Å². The van der Waals surface area contributed by atoms with Gasteiger partial charge in [0.1, 0.15) is 6.10 Å². The van der Waals surface area contributed by atoms with Crippen molar-refractivity contribution in [2.24, 2.45) is 11.3 Å². The summed E-state index contributed by atoms with van der Waals surface area (Å²) in [5.41, 5.74) is 1.28. The van der Waals surface area contributed by atoms with Gasteiger partial charge in [0.05, 0.1) is 11.9 Å². The SMILES string of the molecule is CNCc1cncc(OC2CC(C)CC(C)(C)C2)n1. The Kier molecular flexibility index (Phi) is 4.40. The Morgan fingerprint density at radius 1 is 1.37 bits per heavy atom. The van der Waals surface area contributed by atoms with E-state index in [2.05, 4.69) is 36.1 Å². The van der Waals surface area contributed by atoms with E-state index in [9.17, 15) is 0 Å². The van der Waals surface area contributed by atoms with E-state index < -0.39 is 0 Å². The summed E-state index contributed by atoms with van der Waals surface area (Å²) in [5, 5.41) is 3.08. The average Bonchev–Trinajstić information content (AvgIpc) is 2.26. The Hall–Kier alpha value is -1.16. The molecule has 4 nitrogen and oxygen atoms in total. The van der Waals surface area contributed by atoms with Crippen molar-refractivity contribution in [1.29, 1.82) is 0 Å². The monoisotopic (exact) mass is 263 g/mol. The minimum atomic E-state index is 0.262. The van der Waals surface area contributed by atoms with Gasteiger partial charge in [0.15, 0.2) is 0 Å². The van der Waals surface area contributed by atoms with Crippen LogP contribution in [0.1, 0.15) is 45.7 Å². The highest BCUT2D eigenvalue weighted by atomic mass is 16.5. The molecule has 2 atom stereocenters. The van der Waals surface area contributed by atoms with E-state index in [4.69, 9.17) is 4.74 Å². The lowest BCUT2D eigenvalue weighted by Gasteiger charge is -2.38. The van der Waals surface area contributed by atoms with Gasteiger partial charge in [0, 0.05) is 12.7 Å². The highest BCUT2D eigenvalue weighted by molar-refractivity contribution is 5.09. The molecule has 1 N–H and O–H groups in total. The number of nitrogens with zero attached hydrogens (tertiary/aromatic N) is 2. The molecule has 0 bridgehead atoms. The van der Waals surface area contributed by atoms with Crippen molar-refractivity contribution in [2.45, 2.75) is 52.7 Å². The van der Waals surface area contributed by atoms with Crippen LogP contribution in [-0.2, 0) is 6.54 Å². The van der Waals surface area contributed by atoms with E-state index in [1.807, 2.05) is 7.05 Å². The molecule has 1 aliphatic carbocycles. The molecular weight excluding hydrogens is 238 g/mol. The lowest BCUT2D eigenvalue weighted by Crippen LogP contribution is -2.34. The van der Waals surface area contributed by atoms with Gasteiger partial charge in [-0.15, -0.1) is 0 Å². The smallest absolute Gasteiger partial charge is 0.232 e. The van der Waals surface area contributed by atoms with Gasteiger partial charge in [-0.2, -0.15) is 0 Å². The van der Waals surface area contributed by atoms with E-state index in [1.165, 1.54) is 6.42 Å². The van der Waals surface area contributed by atoms with Gasteiger partial charge in [-0.1, -0.05) is 20.8 Å². The van der Waals surface area contributed by atoms with Crippen LogP contribution in [0.2, 0.25) is 0 Å². The van der Waals surface area contributed by atoms with Gasteiger partial charge in [-0.3, -0.25) is 4.98 Å². The number of hydrogen-bond acceptors (Lipinski definition) is 4. The molecule has 1 fully saturated rings. The zero-order chi connectivity index (χ0) is 13.9. The summed E-state index contributed by atoms with van der Waals surface area (Å²) < 4.78 is 6.05. The lowest BCUT2D eigenvalue weighted by molar-refractivity contribution is 0.0528. The first-order valence-electron chi connectivity index (χ1n) is 7.11. The van der Waals surface area contributed by atoms with Crippen molar-refractivity contribution >= 4 is 0 Å². The molecule has 1 aromatic rings. The third-order valence-electron chi connectivity index (χ3n) is 3.65. The molecule has 0 saturated heterocycles. The normalized spacial score (nSPS) is 26.1. The van der Waals surface area contributed by atoms with Crippen molar-refractivity contribution in [3.63, 3.8) is 0 Å². The van der Waals surface area contributed by atoms with Crippen LogP contribution in [0.3, 0.4) is 0 Å². The van der Waals surface area contributed by atoms with Crippen LogP contribution in [0.15, 0.2) is 12.4 Å². The van der Waals surface area contributed by atoms with Crippen molar-refractivity contribution in [3.05, 3.63) is 18.1 Å². The third kappa shape index (κ3) is 4.16. The fourth-order valence-electron chi connectivity index (χ4n) is 3.23. The van der Waals surface area contributed by atoms with Gasteiger partial charge in [0.2, 0.25) is 5.88 Å². The molecule has 2 unspecified atom stereocenters. The van der Waals surface area contributed by atoms with Crippen LogP contribution in [-0.4, -0.2) is 23.1 Å². The van der Waals surface area contributed by atoms with Crippen molar-refractivity contribution in [2.75, 3.05) is 7.05 Å². The molecule has 0 spiro atoms. The molecule has 0 radical (unpaired) electrons. The summed E-state index contributed by atoms with van der Waals surface area (Å²) in [4.78, 5) is 8.68. The van der Waals surface area contributed by atoms with Crippen LogP contribution in [0, 0.1) is 11.3 Å². The van der Waals surface area contributed by atoms with Crippen LogP contribution >= 0.6 is 0 Å². The third-order valence-corrected chi connectivity index (χ3v) is 3.65. The first kappa shape index (κ1) is 14.3. The molecular formula is C15H25N3O. The number of ether oxygens (including phenoxy) is 1. The van der Waals surface area contributed by atoms with Crippen molar-refractivity contribution in [1.82, 2.24) is 15.3 Å². The first-order chi connectivity index (χ1) is 8.98. The topological polar surface area (TPSA) is 47.0 Å². The summed E-state index contributed by atoms with van der Waals surface area (Å²) in [6, 6.07) is 0. The number of nitrogens with one attached hydrogen (secondary N) is 1. The second kappa shape index (κ2) is 5.87. The van der Waals surface area contributed by atoms with Gasteiger partial charge in [-0.25, -0.2) is 4.98 Å². The molecule has 0 aliphatic heterocycles. The number of hydrogen-bond donors (Lipinski definition) is 1. The maximum atomic E-state index is 6.05. The van der Waals surface area contributed by atoms with Gasteiger partial charge in [-0.05, 0) is 37.6 Å². The molecule has 1 saturated carbocycles. The highest BCUT2D eigenvalue weighted by Crippen LogP contribution is 2.39. The summed E-state index contributed by atoms with van der Waals surface area (Å²) in [6.45, 7) is 7.67. The van der Waals surface area contributed by atoms with E-state index in [1.54, 1.807) is 12.4 Å². The maximum Gasteiger partial charge on any atom is 0.232 e. The van der Waals surface area contributed by atoms with Crippen LogP contribution in [0.25, 0.3) is 0 Å². The summed E-state index contributed by atoms with van der Waals surface area (Å²) in [5.74, 6) is 1.37. The molecule has 0 amide bonds. The highest BCUT2D eigenvalue weighted by Gasteiger charge is 2.33. The Balaban J connectivity index is 2.02. The number of rotatable bonds is 4. The molecule has 4 heteroatoms. The lowest BCUT2D eigenvalue weighted by atomic mass is 9.71. The molecule has 1 heterocycles. The molecule has 1 aromatic heterocycles. The second-order valence-corrected chi connectivity index (χ2v) is 6.53. The standard InChI is InChI=1S/C15H25N3O/c1-11-5-13(7-15(2,3)6-11)19-14-10-17-9-12(18-14)8-16-4/h9-11,13,16H,5-8H2,1-4H3. The molecule has 1 aliphatic rings. The molecule has 0 aromatic carbocycles.